The average Bonchev–Trinajstić information content (AvgIpc) is 3.14. The molecule has 0 aliphatic heterocycles. The smallest absolute Gasteiger partial charge is 0.303 e. The molecule has 0 spiro atoms. The molecule has 0 amide bonds. The zero-order valence-electron chi connectivity index (χ0n) is 12.6. The lowest BCUT2D eigenvalue weighted by molar-refractivity contribution is -0.137. The predicted molar refractivity (Wildman–Crippen MR) is 90.2 cm³/mol. The summed E-state index contributed by atoms with van der Waals surface area (Å²) >= 11 is 12.0. The molecule has 0 aliphatic carbocycles. The Bertz CT molecular complexity index is 902. The van der Waals surface area contributed by atoms with Crippen LogP contribution in [0.2, 0.25) is 10.0 Å². The lowest BCUT2D eigenvalue weighted by Crippen LogP contribution is -1.97. The number of nitrogens with zero attached hydrogens (tertiary/aromatic N) is 2. The van der Waals surface area contributed by atoms with E-state index in [1.54, 1.807) is 24.4 Å². The van der Waals surface area contributed by atoms with Gasteiger partial charge in [0, 0.05) is 12.0 Å². The van der Waals surface area contributed by atoms with E-state index in [4.69, 9.17) is 32.7 Å². The molecule has 0 saturated heterocycles. The normalized spacial score (nSPS) is 11.0. The maximum atomic E-state index is 10.9. The Labute approximate surface area is 147 Å². The van der Waals surface area contributed by atoms with Crippen molar-refractivity contribution in [2.75, 3.05) is 0 Å². The van der Waals surface area contributed by atoms with Crippen LogP contribution in [-0.2, 0) is 11.2 Å². The summed E-state index contributed by atoms with van der Waals surface area (Å²) in [6.45, 7) is 1.82. The first-order valence-electron chi connectivity index (χ1n) is 7.13. The van der Waals surface area contributed by atoms with Crippen molar-refractivity contribution < 1.29 is 14.3 Å². The summed E-state index contributed by atoms with van der Waals surface area (Å²) in [6.07, 6.45) is 1.76. The van der Waals surface area contributed by atoms with E-state index in [1.165, 1.54) is 0 Å². The Kier molecular flexibility index (Phi) is 4.59. The number of imidazole rings is 1. The van der Waals surface area contributed by atoms with E-state index in [0.29, 0.717) is 38.6 Å². The molecule has 8 heteroatoms. The first-order chi connectivity index (χ1) is 11.4. The molecule has 0 atom stereocenters. The molecule has 0 saturated carbocycles. The number of aromatic amines is 1. The number of oxazole rings is 1. The first-order valence-corrected chi connectivity index (χ1v) is 7.88. The summed E-state index contributed by atoms with van der Waals surface area (Å²) < 4.78 is 5.77. The number of carbonyl (C=O) groups is 1. The number of halogens is 2. The number of aromatic nitrogens is 3. The first kappa shape index (κ1) is 16.5. The zero-order valence-corrected chi connectivity index (χ0v) is 14.1. The van der Waals surface area contributed by atoms with Crippen LogP contribution in [0.25, 0.3) is 22.8 Å². The van der Waals surface area contributed by atoms with Crippen molar-refractivity contribution >= 4 is 29.2 Å². The average molecular weight is 366 g/mol. The molecular formula is C16H13Cl2N3O3. The molecular weight excluding hydrogens is 353 g/mol. The van der Waals surface area contributed by atoms with Gasteiger partial charge in [0.25, 0.3) is 0 Å². The van der Waals surface area contributed by atoms with Crippen molar-refractivity contribution in [1.82, 2.24) is 15.0 Å². The highest BCUT2D eigenvalue weighted by molar-refractivity contribution is 6.42. The van der Waals surface area contributed by atoms with E-state index in [2.05, 4.69) is 15.0 Å². The standard InChI is InChI=1S/C16H13Cl2N3O3/c1-8-19-7-12(20-8)16-21-15(13(24-16)4-5-14(22)23)9-2-3-10(17)11(18)6-9/h2-3,6-7H,4-5H2,1H3,(H,19,20)(H,22,23). The third-order valence-corrected chi connectivity index (χ3v) is 4.13. The highest BCUT2D eigenvalue weighted by atomic mass is 35.5. The minimum Gasteiger partial charge on any atom is -0.481 e. The second-order valence-corrected chi connectivity index (χ2v) is 6.01. The second kappa shape index (κ2) is 6.67. The van der Waals surface area contributed by atoms with Gasteiger partial charge in [-0.15, -0.1) is 0 Å². The highest BCUT2D eigenvalue weighted by Crippen LogP contribution is 2.33. The molecule has 2 N–H and O–H groups in total. The van der Waals surface area contributed by atoms with Crippen molar-refractivity contribution in [1.29, 1.82) is 0 Å². The molecule has 0 unspecified atom stereocenters. The van der Waals surface area contributed by atoms with Gasteiger partial charge >= 0.3 is 5.97 Å². The third kappa shape index (κ3) is 3.44. The van der Waals surface area contributed by atoms with Crippen LogP contribution in [0.5, 0.6) is 0 Å². The summed E-state index contributed by atoms with van der Waals surface area (Å²) in [6, 6.07) is 5.10. The number of hydrogen-bond acceptors (Lipinski definition) is 4. The number of carboxylic acid groups (broad SMARTS) is 1. The van der Waals surface area contributed by atoms with Crippen molar-refractivity contribution in [2.45, 2.75) is 19.8 Å². The minimum absolute atomic E-state index is 0.0645. The molecule has 1 aromatic carbocycles. The van der Waals surface area contributed by atoms with E-state index in [-0.39, 0.29) is 12.8 Å². The van der Waals surface area contributed by atoms with Gasteiger partial charge in [-0.2, -0.15) is 0 Å². The highest BCUT2D eigenvalue weighted by Gasteiger charge is 2.19. The SMILES string of the molecule is Cc1ncc(-c2nc(-c3ccc(Cl)c(Cl)c3)c(CCC(=O)O)o2)[nH]1. The molecule has 124 valence electrons. The summed E-state index contributed by atoms with van der Waals surface area (Å²) in [5.41, 5.74) is 1.86. The summed E-state index contributed by atoms with van der Waals surface area (Å²) in [5.74, 6) is 0.631. The van der Waals surface area contributed by atoms with E-state index in [9.17, 15) is 4.79 Å². The van der Waals surface area contributed by atoms with Crippen LogP contribution < -0.4 is 0 Å². The maximum Gasteiger partial charge on any atom is 0.303 e. The third-order valence-electron chi connectivity index (χ3n) is 3.39. The van der Waals surface area contributed by atoms with Gasteiger partial charge in [-0.25, -0.2) is 9.97 Å². The topological polar surface area (TPSA) is 92.0 Å². The van der Waals surface area contributed by atoms with Crippen molar-refractivity contribution in [3.63, 3.8) is 0 Å². The van der Waals surface area contributed by atoms with Gasteiger partial charge in [-0.05, 0) is 19.1 Å². The molecule has 0 radical (unpaired) electrons. The monoisotopic (exact) mass is 365 g/mol. The molecule has 2 aromatic heterocycles. The van der Waals surface area contributed by atoms with Crippen molar-refractivity contribution in [2.24, 2.45) is 0 Å². The largest absolute Gasteiger partial charge is 0.481 e. The summed E-state index contributed by atoms with van der Waals surface area (Å²) in [7, 11) is 0. The van der Waals surface area contributed by atoms with Crippen LogP contribution in [0.4, 0.5) is 0 Å². The Morgan fingerprint density at radius 3 is 2.75 bits per heavy atom. The fourth-order valence-corrected chi connectivity index (χ4v) is 2.55. The number of rotatable bonds is 5. The molecule has 6 nitrogen and oxygen atoms in total. The number of aryl methyl sites for hydroxylation is 2. The number of aliphatic carboxylic acids is 1. The van der Waals surface area contributed by atoms with Crippen LogP contribution in [0.15, 0.2) is 28.8 Å². The van der Waals surface area contributed by atoms with Crippen LogP contribution in [0.1, 0.15) is 18.0 Å². The minimum atomic E-state index is -0.912. The van der Waals surface area contributed by atoms with Crippen LogP contribution in [0, 0.1) is 6.92 Å². The number of benzene rings is 1. The summed E-state index contributed by atoms with van der Waals surface area (Å²) in [4.78, 5) is 22.5. The van der Waals surface area contributed by atoms with Crippen molar-refractivity contribution in [3.8, 4) is 22.8 Å². The molecule has 0 fully saturated rings. The van der Waals surface area contributed by atoms with Gasteiger partial charge in [0.1, 0.15) is 23.0 Å². The Balaban J connectivity index is 2.06. The van der Waals surface area contributed by atoms with E-state index in [0.717, 1.165) is 5.82 Å². The Morgan fingerprint density at radius 2 is 2.12 bits per heavy atom. The molecule has 0 aliphatic rings. The fraction of sp³-hybridized carbons (Fsp3) is 0.188. The van der Waals surface area contributed by atoms with Gasteiger partial charge in [-0.3, -0.25) is 4.79 Å². The van der Waals surface area contributed by atoms with Gasteiger partial charge in [-0.1, -0.05) is 29.3 Å². The Hall–Kier alpha value is -2.31. The van der Waals surface area contributed by atoms with Crippen LogP contribution >= 0.6 is 23.2 Å². The number of carboxylic acids is 1. The van der Waals surface area contributed by atoms with Crippen LogP contribution in [-0.4, -0.2) is 26.0 Å². The number of nitrogens with one attached hydrogen (secondary N) is 1. The maximum absolute atomic E-state index is 10.9. The van der Waals surface area contributed by atoms with Crippen molar-refractivity contribution in [3.05, 3.63) is 46.0 Å². The lowest BCUT2D eigenvalue weighted by Gasteiger charge is -2.02. The molecule has 24 heavy (non-hydrogen) atoms. The quantitative estimate of drug-likeness (QED) is 0.700. The number of hydrogen-bond donors (Lipinski definition) is 2. The van der Waals surface area contributed by atoms with Gasteiger partial charge in [0.15, 0.2) is 0 Å². The molecule has 0 bridgehead atoms. The molecule has 3 rings (SSSR count). The Morgan fingerprint density at radius 1 is 1.33 bits per heavy atom. The second-order valence-electron chi connectivity index (χ2n) is 5.20. The van der Waals surface area contributed by atoms with Gasteiger partial charge < -0.3 is 14.5 Å². The molecule has 2 heterocycles. The van der Waals surface area contributed by atoms with Gasteiger partial charge in [0.05, 0.1) is 22.7 Å². The molecule has 3 aromatic rings. The van der Waals surface area contributed by atoms with Gasteiger partial charge in [0.2, 0.25) is 5.89 Å². The lowest BCUT2D eigenvalue weighted by atomic mass is 10.1. The predicted octanol–water partition coefficient (Wildman–Crippen LogP) is 4.36. The zero-order chi connectivity index (χ0) is 17.3. The number of H-pyrrole nitrogens is 1. The van der Waals surface area contributed by atoms with E-state index < -0.39 is 5.97 Å². The van der Waals surface area contributed by atoms with E-state index in [1.807, 2.05) is 6.92 Å². The summed E-state index contributed by atoms with van der Waals surface area (Å²) in [5, 5.41) is 9.75. The van der Waals surface area contributed by atoms with Crippen LogP contribution in [0.3, 0.4) is 0 Å². The van der Waals surface area contributed by atoms with E-state index >= 15 is 0 Å². The fourth-order valence-electron chi connectivity index (χ4n) is 2.26.